The summed E-state index contributed by atoms with van der Waals surface area (Å²) in [4.78, 5) is 6.00. The van der Waals surface area contributed by atoms with E-state index in [0.29, 0.717) is 6.04 Å². The van der Waals surface area contributed by atoms with Gasteiger partial charge in [0.15, 0.2) is 0 Å². The second kappa shape index (κ2) is 8.22. The average Bonchev–Trinajstić information content (AvgIpc) is 3.10. The first-order valence-electron chi connectivity index (χ1n) is 7.53. The van der Waals surface area contributed by atoms with Crippen molar-refractivity contribution in [3.05, 3.63) is 40.6 Å². The number of likely N-dealkylation sites (N-methyl/N-ethyl adjacent to an activating group) is 1. The Balaban J connectivity index is 1.80. The summed E-state index contributed by atoms with van der Waals surface area (Å²) in [7, 11) is 2.06. The number of aromatic nitrogens is 2. The number of thiophene rings is 1. The van der Waals surface area contributed by atoms with Crippen LogP contribution in [-0.2, 0) is 19.4 Å². The number of nitrogens with zero attached hydrogens (tertiary/aromatic N) is 2. The van der Waals surface area contributed by atoms with Gasteiger partial charge in [-0.05, 0) is 44.2 Å². The van der Waals surface area contributed by atoms with Gasteiger partial charge in [-0.3, -0.25) is 0 Å². The Kier molecular flexibility index (Phi) is 6.27. The third-order valence-corrected chi connectivity index (χ3v) is 4.60. The van der Waals surface area contributed by atoms with E-state index in [2.05, 4.69) is 52.5 Å². The van der Waals surface area contributed by atoms with Gasteiger partial charge < -0.3 is 9.88 Å². The SMILES string of the molecule is CCCn1ccnc1CC(CCCc1cccs1)NC. The lowest BCUT2D eigenvalue weighted by Gasteiger charge is -2.16. The maximum absolute atomic E-state index is 4.51. The molecule has 3 nitrogen and oxygen atoms in total. The lowest BCUT2D eigenvalue weighted by atomic mass is 10.1. The van der Waals surface area contributed by atoms with Crippen molar-refractivity contribution in [2.75, 3.05) is 7.05 Å². The lowest BCUT2D eigenvalue weighted by molar-refractivity contribution is 0.480. The number of hydrogen-bond donors (Lipinski definition) is 1. The quantitative estimate of drug-likeness (QED) is 0.766. The molecule has 0 saturated carbocycles. The molecule has 2 aromatic rings. The van der Waals surface area contributed by atoms with Gasteiger partial charge in [-0.25, -0.2) is 4.98 Å². The van der Waals surface area contributed by atoms with Crippen molar-refractivity contribution >= 4 is 11.3 Å². The topological polar surface area (TPSA) is 29.9 Å². The molecular formula is C16H25N3S. The highest BCUT2D eigenvalue weighted by atomic mass is 32.1. The summed E-state index contributed by atoms with van der Waals surface area (Å²) in [5, 5.41) is 5.60. The minimum atomic E-state index is 0.521. The van der Waals surface area contributed by atoms with Crippen LogP contribution in [-0.4, -0.2) is 22.6 Å². The number of nitrogens with one attached hydrogen (secondary N) is 1. The first kappa shape index (κ1) is 15.3. The van der Waals surface area contributed by atoms with Gasteiger partial charge in [0.1, 0.15) is 5.82 Å². The van der Waals surface area contributed by atoms with Crippen molar-refractivity contribution in [2.24, 2.45) is 0 Å². The van der Waals surface area contributed by atoms with Gasteiger partial charge in [0.05, 0.1) is 0 Å². The minimum Gasteiger partial charge on any atom is -0.335 e. The highest BCUT2D eigenvalue weighted by Gasteiger charge is 2.11. The fourth-order valence-corrected chi connectivity index (χ4v) is 3.27. The predicted molar refractivity (Wildman–Crippen MR) is 86.3 cm³/mol. The predicted octanol–water partition coefficient (Wildman–Crippen LogP) is 3.51. The Hall–Kier alpha value is -1.13. The summed E-state index contributed by atoms with van der Waals surface area (Å²) in [5.74, 6) is 1.21. The first-order valence-corrected chi connectivity index (χ1v) is 8.41. The van der Waals surface area contributed by atoms with Crippen LogP contribution >= 0.6 is 11.3 Å². The van der Waals surface area contributed by atoms with Crippen LogP contribution in [0.2, 0.25) is 0 Å². The Bertz CT molecular complexity index is 476. The van der Waals surface area contributed by atoms with E-state index >= 15 is 0 Å². The van der Waals surface area contributed by atoms with E-state index in [1.54, 1.807) is 0 Å². The number of imidazole rings is 1. The van der Waals surface area contributed by atoms with Gasteiger partial charge >= 0.3 is 0 Å². The highest BCUT2D eigenvalue weighted by molar-refractivity contribution is 7.09. The van der Waals surface area contributed by atoms with Gasteiger partial charge in [0, 0.05) is 36.3 Å². The Labute approximate surface area is 126 Å². The van der Waals surface area contributed by atoms with Crippen LogP contribution in [0.5, 0.6) is 0 Å². The van der Waals surface area contributed by atoms with Crippen molar-refractivity contribution in [1.82, 2.24) is 14.9 Å². The average molecular weight is 291 g/mol. The van der Waals surface area contributed by atoms with Crippen LogP contribution in [0.1, 0.15) is 36.9 Å². The number of aryl methyl sites for hydroxylation is 2. The van der Waals surface area contributed by atoms with Gasteiger partial charge in [0.25, 0.3) is 0 Å². The minimum absolute atomic E-state index is 0.521. The summed E-state index contributed by atoms with van der Waals surface area (Å²) in [6.45, 7) is 3.28. The Morgan fingerprint density at radius 2 is 2.35 bits per heavy atom. The Morgan fingerprint density at radius 3 is 3.05 bits per heavy atom. The standard InChI is InChI=1S/C16H25N3S/c1-3-10-19-11-9-18-16(19)13-14(17-2)6-4-7-15-8-5-12-20-15/h5,8-9,11-12,14,17H,3-4,6-7,10,13H2,1-2H3. The molecule has 0 aromatic carbocycles. The first-order chi connectivity index (χ1) is 9.83. The zero-order chi connectivity index (χ0) is 14.2. The van der Waals surface area contributed by atoms with Crippen LogP contribution in [0.15, 0.2) is 29.9 Å². The molecule has 0 aliphatic heterocycles. The van der Waals surface area contributed by atoms with E-state index in [4.69, 9.17) is 0 Å². The number of rotatable bonds is 9. The van der Waals surface area contributed by atoms with E-state index in [1.807, 2.05) is 17.5 Å². The fourth-order valence-electron chi connectivity index (χ4n) is 2.52. The molecule has 0 aliphatic carbocycles. The van der Waals surface area contributed by atoms with Crippen LogP contribution in [0.3, 0.4) is 0 Å². The summed E-state index contributed by atoms with van der Waals surface area (Å²) < 4.78 is 2.28. The third-order valence-electron chi connectivity index (χ3n) is 3.66. The maximum Gasteiger partial charge on any atom is 0.110 e. The zero-order valence-electron chi connectivity index (χ0n) is 12.5. The largest absolute Gasteiger partial charge is 0.335 e. The molecule has 0 saturated heterocycles. The molecule has 20 heavy (non-hydrogen) atoms. The fraction of sp³-hybridized carbons (Fsp3) is 0.562. The van der Waals surface area contributed by atoms with Crippen molar-refractivity contribution in [3.8, 4) is 0 Å². The normalized spacial score (nSPS) is 12.7. The molecule has 0 spiro atoms. The van der Waals surface area contributed by atoms with Gasteiger partial charge in [0.2, 0.25) is 0 Å². The molecule has 110 valence electrons. The van der Waals surface area contributed by atoms with Gasteiger partial charge in [-0.15, -0.1) is 11.3 Å². The molecule has 2 heterocycles. The molecule has 4 heteroatoms. The second-order valence-corrected chi connectivity index (χ2v) is 6.23. The van der Waals surface area contributed by atoms with Gasteiger partial charge in [-0.1, -0.05) is 13.0 Å². The zero-order valence-corrected chi connectivity index (χ0v) is 13.3. The van der Waals surface area contributed by atoms with Crippen LogP contribution < -0.4 is 5.32 Å². The molecule has 0 aliphatic rings. The van der Waals surface area contributed by atoms with E-state index in [1.165, 1.54) is 30.0 Å². The van der Waals surface area contributed by atoms with Crippen molar-refractivity contribution in [3.63, 3.8) is 0 Å². The van der Waals surface area contributed by atoms with E-state index in [9.17, 15) is 0 Å². The summed E-state index contributed by atoms with van der Waals surface area (Å²) >= 11 is 1.86. The van der Waals surface area contributed by atoms with Crippen molar-refractivity contribution < 1.29 is 0 Å². The number of hydrogen-bond acceptors (Lipinski definition) is 3. The summed E-state index contributed by atoms with van der Waals surface area (Å²) in [6.07, 6.45) is 9.83. The van der Waals surface area contributed by atoms with E-state index < -0.39 is 0 Å². The summed E-state index contributed by atoms with van der Waals surface area (Å²) in [6, 6.07) is 4.89. The lowest BCUT2D eigenvalue weighted by Crippen LogP contribution is -2.29. The molecule has 1 N–H and O–H groups in total. The molecule has 2 rings (SSSR count). The van der Waals surface area contributed by atoms with Crippen molar-refractivity contribution in [2.45, 2.75) is 51.6 Å². The summed E-state index contributed by atoms with van der Waals surface area (Å²) in [5.41, 5.74) is 0. The molecule has 1 atom stereocenters. The van der Waals surface area contributed by atoms with Crippen LogP contribution in [0.4, 0.5) is 0 Å². The maximum atomic E-state index is 4.51. The molecule has 0 fully saturated rings. The van der Waals surface area contributed by atoms with Crippen LogP contribution in [0.25, 0.3) is 0 Å². The van der Waals surface area contributed by atoms with Gasteiger partial charge in [-0.2, -0.15) is 0 Å². The van der Waals surface area contributed by atoms with E-state index in [0.717, 1.165) is 19.4 Å². The molecule has 0 amide bonds. The van der Waals surface area contributed by atoms with Crippen LogP contribution in [0, 0.1) is 0 Å². The Morgan fingerprint density at radius 1 is 1.45 bits per heavy atom. The molecule has 1 unspecified atom stereocenters. The molecule has 0 radical (unpaired) electrons. The monoisotopic (exact) mass is 291 g/mol. The molecule has 0 bridgehead atoms. The smallest absolute Gasteiger partial charge is 0.110 e. The van der Waals surface area contributed by atoms with E-state index in [-0.39, 0.29) is 0 Å². The molecule has 2 aromatic heterocycles. The highest BCUT2D eigenvalue weighted by Crippen LogP contribution is 2.14. The second-order valence-electron chi connectivity index (χ2n) is 5.20. The third kappa shape index (κ3) is 4.46. The van der Waals surface area contributed by atoms with Crippen molar-refractivity contribution in [1.29, 1.82) is 0 Å². The molecular weight excluding hydrogens is 266 g/mol.